The highest BCUT2D eigenvalue weighted by molar-refractivity contribution is 6.77. The molecule has 2 aliphatic heterocycles. The number of ether oxygens (including phenoxy) is 4. The molecule has 0 saturated carbocycles. The Morgan fingerprint density at radius 2 is 1.61 bits per heavy atom. The van der Waals surface area contributed by atoms with Gasteiger partial charge in [-0.25, -0.2) is 0 Å². The minimum atomic E-state index is -2.37. The Morgan fingerprint density at radius 1 is 0.974 bits per heavy atom. The van der Waals surface area contributed by atoms with Crippen LogP contribution in [0.4, 0.5) is 0 Å². The molecular weight excluding hydrogens is 500 g/mol. The van der Waals surface area contributed by atoms with Gasteiger partial charge in [0.1, 0.15) is 12.2 Å². The van der Waals surface area contributed by atoms with Crippen LogP contribution in [0.5, 0.6) is 0 Å². The molecule has 1 saturated heterocycles. The van der Waals surface area contributed by atoms with Crippen molar-refractivity contribution in [2.75, 3.05) is 14.2 Å². The van der Waals surface area contributed by atoms with Crippen molar-refractivity contribution in [3.63, 3.8) is 0 Å². The van der Waals surface area contributed by atoms with Gasteiger partial charge in [0.2, 0.25) is 8.32 Å². The fourth-order valence-corrected chi connectivity index (χ4v) is 12.2. The van der Waals surface area contributed by atoms with E-state index in [1.807, 2.05) is 31.2 Å². The number of esters is 1. The molecule has 38 heavy (non-hydrogen) atoms. The lowest BCUT2D eigenvalue weighted by molar-refractivity contribution is -0.171. The minimum Gasteiger partial charge on any atom is -0.462 e. The predicted molar refractivity (Wildman–Crippen MR) is 153 cm³/mol. The van der Waals surface area contributed by atoms with Gasteiger partial charge in [0, 0.05) is 27.1 Å². The van der Waals surface area contributed by atoms with Crippen LogP contribution in [0.15, 0.2) is 24.3 Å². The van der Waals surface area contributed by atoms with Crippen LogP contribution in [0.3, 0.4) is 0 Å². The van der Waals surface area contributed by atoms with E-state index in [2.05, 4.69) is 48.5 Å². The van der Waals surface area contributed by atoms with Crippen LogP contribution in [0, 0.1) is 11.8 Å². The molecule has 0 bridgehead atoms. The van der Waals surface area contributed by atoms with Crippen LogP contribution in [-0.2, 0) is 28.2 Å². The maximum absolute atomic E-state index is 13.3. The number of hydrogen-bond acceptors (Lipinski definition) is 7. The zero-order valence-electron chi connectivity index (χ0n) is 25.4. The second-order valence-electron chi connectivity index (χ2n) is 12.2. The highest BCUT2D eigenvalue weighted by Gasteiger charge is 2.51. The smallest absolute Gasteiger partial charge is 0.308 e. The highest BCUT2D eigenvalue weighted by Crippen LogP contribution is 2.45. The molecule has 2 rings (SSSR count). The summed E-state index contributed by atoms with van der Waals surface area (Å²) in [6.45, 7) is 17.4. The van der Waals surface area contributed by atoms with Crippen LogP contribution in [0.1, 0.15) is 81.1 Å². The number of allylic oxidation sites excluding steroid dienone is 2. The fourth-order valence-electron chi connectivity index (χ4n) is 6.66. The van der Waals surface area contributed by atoms with Gasteiger partial charge in [0.15, 0.2) is 6.29 Å². The summed E-state index contributed by atoms with van der Waals surface area (Å²) in [6, 6.07) is 0. The quantitative estimate of drug-likeness (QED) is 0.298. The van der Waals surface area contributed by atoms with E-state index in [4.69, 9.17) is 23.4 Å². The number of hydrogen-bond donors (Lipinski definition) is 1. The third-order valence-electron chi connectivity index (χ3n) is 8.54. The van der Waals surface area contributed by atoms with Crippen molar-refractivity contribution >= 4 is 14.3 Å². The van der Waals surface area contributed by atoms with Gasteiger partial charge in [-0.15, -0.1) is 0 Å². The molecule has 0 amide bonds. The van der Waals surface area contributed by atoms with Crippen molar-refractivity contribution in [2.24, 2.45) is 11.8 Å². The van der Waals surface area contributed by atoms with Crippen molar-refractivity contribution in [3.8, 4) is 0 Å². The van der Waals surface area contributed by atoms with Crippen LogP contribution >= 0.6 is 0 Å². The number of fused-ring (bicyclic) bond motifs is 1. The zero-order chi connectivity index (χ0) is 28.6. The molecule has 8 atom stereocenters. The minimum absolute atomic E-state index is 0.00971. The average molecular weight is 555 g/mol. The molecule has 0 radical (unpaired) electrons. The van der Waals surface area contributed by atoms with Crippen molar-refractivity contribution in [3.05, 3.63) is 24.3 Å². The van der Waals surface area contributed by atoms with Gasteiger partial charge in [-0.1, -0.05) is 72.8 Å². The van der Waals surface area contributed by atoms with Crippen molar-refractivity contribution in [1.82, 2.24) is 0 Å². The molecule has 220 valence electrons. The van der Waals surface area contributed by atoms with E-state index in [1.165, 1.54) is 0 Å². The van der Waals surface area contributed by atoms with E-state index in [0.29, 0.717) is 29.5 Å². The number of cyclic esters (lactones) is 1. The molecule has 0 aromatic carbocycles. The van der Waals surface area contributed by atoms with Gasteiger partial charge in [-0.05, 0) is 41.8 Å². The summed E-state index contributed by atoms with van der Waals surface area (Å²) in [5.74, 6) is -0.211. The Labute approximate surface area is 232 Å². The Hall–Kier alpha value is -1.03. The molecule has 2 aliphatic rings. The second-order valence-corrected chi connectivity index (χ2v) is 17.6. The van der Waals surface area contributed by atoms with Gasteiger partial charge in [0.25, 0.3) is 0 Å². The number of carbonyl (C=O) groups excluding carboxylic acids is 1. The first kappa shape index (κ1) is 33.2. The molecule has 1 N–H and O–H groups in total. The lowest BCUT2D eigenvalue weighted by Crippen LogP contribution is -2.55. The van der Waals surface area contributed by atoms with E-state index in [9.17, 15) is 9.90 Å². The van der Waals surface area contributed by atoms with Gasteiger partial charge < -0.3 is 28.5 Å². The third kappa shape index (κ3) is 8.24. The summed E-state index contributed by atoms with van der Waals surface area (Å²) in [7, 11) is 0.947. The van der Waals surface area contributed by atoms with Crippen LogP contribution < -0.4 is 0 Å². The maximum Gasteiger partial charge on any atom is 0.308 e. The van der Waals surface area contributed by atoms with E-state index in [0.717, 1.165) is 6.42 Å². The number of aliphatic hydroxyl groups is 1. The number of aliphatic hydroxyl groups excluding tert-OH is 1. The molecule has 0 aliphatic carbocycles. The summed E-state index contributed by atoms with van der Waals surface area (Å²) >= 11 is 0. The first-order valence-corrected chi connectivity index (χ1v) is 16.6. The molecule has 1 fully saturated rings. The number of carbonyl (C=O) groups is 1. The van der Waals surface area contributed by atoms with Crippen LogP contribution in [0.2, 0.25) is 16.6 Å². The van der Waals surface area contributed by atoms with E-state index >= 15 is 0 Å². The molecule has 0 spiro atoms. The first-order valence-electron chi connectivity index (χ1n) is 14.5. The van der Waals surface area contributed by atoms with E-state index in [-0.39, 0.29) is 42.7 Å². The summed E-state index contributed by atoms with van der Waals surface area (Å²) in [5, 5.41) is 10.8. The Kier molecular flexibility index (Phi) is 13.2. The summed E-state index contributed by atoms with van der Waals surface area (Å²) in [4.78, 5) is 13.3. The Bertz CT molecular complexity index is 759. The number of methoxy groups -OCH3 is 2. The molecule has 1 unspecified atom stereocenters. The van der Waals surface area contributed by atoms with Gasteiger partial charge >= 0.3 is 5.97 Å². The van der Waals surface area contributed by atoms with Gasteiger partial charge in [-0.3, -0.25) is 4.79 Å². The zero-order valence-corrected chi connectivity index (χ0v) is 26.4. The molecule has 0 aromatic heterocycles. The molecule has 8 heteroatoms. The Morgan fingerprint density at radius 3 is 2.16 bits per heavy atom. The monoisotopic (exact) mass is 554 g/mol. The van der Waals surface area contributed by atoms with Crippen molar-refractivity contribution in [2.45, 2.75) is 135 Å². The summed E-state index contributed by atoms with van der Waals surface area (Å²) in [6.07, 6.45) is 7.05. The largest absolute Gasteiger partial charge is 0.462 e. The summed E-state index contributed by atoms with van der Waals surface area (Å²) in [5.41, 5.74) is 1.03. The van der Waals surface area contributed by atoms with Crippen LogP contribution in [0.25, 0.3) is 0 Å². The fraction of sp³-hybridized carbons (Fsp3) is 0.833. The lowest BCUT2D eigenvalue weighted by Gasteiger charge is -2.46. The van der Waals surface area contributed by atoms with Crippen LogP contribution in [-0.4, -0.2) is 70.4 Å². The van der Waals surface area contributed by atoms with Crippen molar-refractivity contribution < 1.29 is 33.3 Å². The normalized spacial score (nSPS) is 35.9. The Balaban J connectivity index is 2.55. The van der Waals surface area contributed by atoms with E-state index in [1.54, 1.807) is 14.2 Å². The van der Waals surface area contributed by atoms with Gasteiger partial charge in [0.05, 0.1) is 24.7 Å². The first-order chi connectivity index (χ1) is 17.9. The predicted octanol–water partition coefficient (Wildman–Crippen LogP) is 6.16. The lowest BCUT2D eigenvalue weighted by atomic mass is 9.84. The molecular formula is C30H54O7Si. The molecule has 2 heterocycles. The molecule has 0 aromatic rings. The topological polar surface area (TPSA) is 83.5 Å². The van der Waals surface area contributed by atoms with Gasteiger partial charge in [-0.2, -0.15) is 0 Å². The highest BCUT2D eigenvalue weighted by atomic mass is 28.4. The SMILES string of the molecule is CO[C@@H]1C[C@H]2C[C@@H](C)C(O)/C=C/C=C/C[C@@H](C)OC(=O)C[C@@H](O[Si](C(C)C)(C(C)C)C(C)C)[C@H](OC)[C@H]2O1. The average Bonchev–Trinajstić information content (AvgIpc) is 3.23. The standard InChI is InChI=1S/C30H54O7Si/c1-19(2)38(20(3)4,21(5)6)37-26-18-27(32)35-23(8)14-12-11-13-15-25(31)22(7)16-24-17-28(33-9)36-29(24)30(26)34-10/h11-13,15,19-26,28-31H,14,16-18H2,1-10H3/b12-11+,15-13+/t22-,23-,24-,25?,26-,28+,29+,30+/m1/s1. The van der Waals surface area contributed by atoms with Crippen molar-refractivity contribution in [1.29, 1.82) is 0 Å². The number of rotatable bonds is 7. The maximum atomic E-state index is 13.3. The van der Waals surface area contributed by atoms with E-state index < -0.39 is 26.6 Å². The second kappa shape index (κ2) is 15.1. The molecule has 7 nitrogen and oxygen atoms in total. The third-order valence-corrected chi connectivity index (χ3v) is 14.7. The summed E-state index contributed by atoms with van der Waals surface area (Å²) < 4.78 is 31.2.